The van der Waals surface area contributed by atoms with Crippen molar-refractivity contribution in [3.8, 4) is 0 Å². The first-order valence-corrected chi connectivity index (χ1v) is 4.90. The Morgan fingerprint density at radius 2 is 1.92 bits per heavy atom. The molecule has 0 aromatic heterocycles. The number of Topliss-reactive ketones (excluding diaryl/α,β-unsaturated/α-hetero) is 1. The van der Waals surface area contributed by atoms with E-state index in [2.05, 4.69) is 0 Å². The van der Waals surface area contributed by atoms with E-state index in [9.17, 15) is 4.79 Å². The molecule has 0 amide bonds. The molecule has 1 aliphatic carbocycles. The van der Waals surface area contributed by atoms with Crippen LogP contribution in [0, 0.1) is 5.41 Å². The van der Waals surface area contributed by atoms with Crippen molar-refractivity contribution >= 4 is 5.78 Å². The van der Waals surface area contributed by atoms with Crippen LogP contribution >= 0.6 is 0 Å². The number of ketones is 1. The maximum atomic E-state index is 11.3. The fourth-order valence-electron chi connectivity index (χ4n) is 2.49. The highest BCUT2D eigenvalue weighted by Crippen LogP contribution is 2.42. The van der Waals surface area contributed by atoms with Gasteiger partial charge in [0.1, 0.15) is 5.78 Å². The molecule has 0 radical (unpaired) electrons. The first-order chi connectivity index (χ1) is 5.81. The zero-order chi connectivity index (χ0) is 8.44. The van der Waals surface area contributed by atoms with Gasteiger partial charge >= 0.3 is 0 Å². The van der Waals surface area contributed by atoms with Crippen molar-refractivity contribution in [1.82, 2.24) is 0 Å². The monoisotopic (exact) mass is 168 g/mol. The summed E-state index contributed by atoms with van der Waals surface area (Å²) in [6, 6.07) is 0. The number of carbonyl (C=O) groups excluding carboxylic acids is 1. The van der Waals surface area contributed by atoms with Crippen molar-refractivity contribution < 1.29 is 9.53 Å². The summed E-state index contributed by atoms with van der Waals surface area (Å²) in [6.07, 6.45) is 6.23. The Kier molecular flexibility index (Phi) is 2.18. The molecule has 1 spiro atoms. The minimum Gasteiger partial charge on any atom is -0.381 e. The third kappa shape index (κ3) is 1.53. The molecule has 0 unspecified atom stereocenters. The van der Waals surface area contributed by atoms with Crippen LogP contribution in [0.15, 0.2) is 0 Å². The minimum atomic E-state index is 0.355. The molecular weight excluding hydrogens is 152 g/mol. The predicted molar refractivity (Wildman–Crippen MR) is 46.0 cm³/mol. The van der Waals surface area contributed by atoms with Gasteiger partial charge in [-0.3, -0.25) is 4.79 Å². The van der Waals surface area contributed by atoms with Gasteiger partial charge in [0.15, 0.2) is 0 Å². The number of ether oxygens (including phenoxy) is 1. The molecule has 1 saturated heterocycles. The molecule has 2 aliphatic rings. The van der Waals surface area contributed by atoms with E-state index >= 15 is 0 Å². The van der Waals surface area contributed by atoms with Crippen LogP contribution in [0.5, 0.6) is 0 Å². The lowest BCUT2D eigenvalue weighted by Gasteiger charge is -2.39. The molecule has 68 valence electrons. The predicted octanol–water partition coefficient (Wildman–Crippen LogP) is 1.93. The topological polar surface area (TPSA) is 26.3 Å². The Hall–Kier alpha value is -0.370. The van der Waals surface area contributed by atoms with Gasteiger partial charge in [-0.15, -0.1) is 0 Å². The van der Waals surface area contributed by atoms with E-state index in [0.717, 1.165) is 45.3 Å². The van der Waals surface area contributed by atoms with Crippen LogP contribution in [0.4, 0.5) is 0 Å². The van der Waals surface area contributed by atoms with Crippen LogP contribution in [-0.2, 0) is 9.53 Å². The van der Waals surface area contributed by atoms with E-state index in [1.54, 1.807) is 0 Å². The van der Waals surface area contributed by atoms with E-state index in [1.165, 1.54) is 6.42 Å². The summed E-state index contributed by atoms with van der Waals surface area (Å²) in [5, 5.41) is 0. The Labute approximate surface area is 73.3 Å². The van der Waals surface area contributed by atoms with Gasteiger partial charge in [-0.1, -0.05) is 0 Å². The Morgan fingerprint density at radius 1 is 1.17 bits per heavy atom. The lowest BCUT2D eigenvalue weighted by Crippen LogP contribution is -2.34. The molecule has 12 heavy (non-hydrogen) atoms. The third-order valence-electron chi connectivity index (χ3n) is 3.29. The van der Waals surface area contributed by atoms with Gasteiger partial charge in [-0.05, 0) is 31.1 Å². The molecule has 2 heteroatoms. The van der Waals surface area contributed by atoms with E-state index in [1.807, 2.05) is 0 Å². The Balaban J connectivity index is 2.02. The molecule has 2 fully saturated rings. The van der Waals surface area contributed by atoms with Crippen molar-refractivity contribution in [2.24, 2.45) is 5.41 Å². The van der Waals surface area contributed by atoms with Crippen molar-refractivity contribution in [3.05, 3.63) is 0 Å². The molecular formula is C10H16O2. The van der Waals surface area contributed by atoms with Crippen LogP contribution in [-0.4, -0.2) is 19.0 Å². The van der Waals surface area contributed by atoms with E-state index in [-0.39, 0.29) is 0 Å². The molecule has 2 rings (SSSR count). The second-order valence-electron chi connectivity index (χ2n) is 4.18. The van der Waals surface area contributed by atoms with Crippen LogP contribution < -0.4 is 0 Å². The molecule has 0 atom stereocenters. The molecule has 1 saturated carbocycles. The third-order valence-corrected chi connectivity index (χ3v) is 3.29. The SMILES string of the molecule is O=C1CCCC2(CCOCC2)C1. The normalized spacial score (nSPS) is 29.2. The van der Waals surface area contributed by atoms with Gasteiger partial charge < -0.3 is 4.74 Å². The lowest BCUT2D eigenvalue weighted by molar-refractivity contribution is -0.126. The van der Waals surface area contributed by atoms with Crippen molar-refractivity contribution in [2.75, 3.05) is 13.2 Å². The van der Waals surface area contributed by atoms with Crippen LogP contribution in [0.3, 0.4) is 0 Å². The fraction of sp³-hybridized carbons (Fsp3) is 0.900. The molecule has 0 bridgehead atoms. The standard InChI is InChI=1S/C10H16O2/c11-9-2-1-3-10(8-9)4-6-12-7-5-10/h1-8H2. The summed E-state index contributed by atoms with van der Waals surface area (Å²) >= 11 is 0. The summed E-state index contributed by atoms with van der Waals surface area (Å²) in [5.74, 6) is 0.475. The summed E-state index contributed by atoms with van der Waals surface area (Å²) in [6.45, 7) is 1.74. The zero-order valence-corrected chi connectivity index (χ0v) is 7.47. The highest BCUT2D eigenvalue weighted by atomic mass is 16.5. The quantitative estimate of drug-likeness (QED) is 0.552. The first kappa shape index (κ1) is 8.24. The lowest BCUT2D eigenvalue weighted by atomic mass is 9.69. The highest BCUT2D eigenvalue weighted by molar-refractivity contribution is 5.79. The maximum absolute atomic E-state index is 11.3. The number of hydrogen-bond acceptors (Lipinski definition) is 2. The van der Waals surface area contributed by atoms with Crippen LogP contribution in [0.1, 0.15) is 38.5 Å². The average Bonchev–Trinajstić information content (AvgIpc) is 2.05. The van der Waals surface area contributed by atoms with Gasteiger partial charge in [0, 0.05) is 26.1 Å². The minimum absolute atomic E-state index is 0.355. The van der Waals surface area contributed by atoms with Crippen LogP contribution in [0.2, 0.25) is 0 Å². The summed E-state index contributed by atoms with van der Waals surface area (Å²) in [5.41, 5.74) is 0.355. The molecule has 1 aliphatic heterocycles. The van der Waals surface area contributed by atoms with E-state index < -0.39 is 0 Å². The van der Waals surface area contributed by atoms with Gasteiger partial charge in [-0.2, -0.15) is 0 Å². The smallest absolute Gasteiger partial charge is 0.133 e. The maximum Gasteiger partial charge on any atom is 0.133 e. The van der Waals surface area contributed by atoms with E-state index in [4.69, 9.17) is 4.74 Å². The fourth-order valence-corrected chi connectivity index (χ4v) is 2.49. The average molecular weight is 168 g/mol. The van der Waals surface area contributed by atoms with Crippen molar-refractivity contribution in [1.29, 1.82) is 0 Å². The van der Waals surface area contributed by atoms with Gasteiger partial charge in [-0.25, -0.2) is 0 Å². The van der Waals surface area contributed by atoms with Gasteiger partial charge in [0.05, 0.1) is 0 Å². The number of rotatable bonds is 0. The largest absolute Gasteiger partial charge is 0.381 e. The van der Waals surface area contributed by atoms with Crippen LogP contribution in [0.25, 0.3) is 0 Å². The van der Waals surface area contributed by atoms with Gasteiger partial charge in [0.25, 0.3) is 0 Å². The first-order valence-electron chi connectivity index (χ1n) is 4.90. The number of carbonyl (C=O) groups is 1. The van der Waals surface area contributed by atoms with Crippen molar-refractivity contribution in [3.63, 3.8) is 0 Å². The summed E-state index contributed by atoms with van der Waals surface area (Å²) in [4.78, 5) is 11.3. The second-order valence-corrected chi connectivity index (χ2v) is 4.18. The Morgan fingerprint density at radius 3 is 2.58 bits per heavy atom. The summed E-state index contributed by atoms with van der Waals surface area (Å²) in [7, 11) is 0. The summed E-state index contributed by atoms with van der Waals surface area (Å²) < 4.78 is 5.32. The Bertz CT molecular complexity index is 175. The molecule has 1 heterocycles. The molecule has 0 aromatic rings. The molecule has 2 nitrogen and oxygen atoms in total. The van der Waals surface area contributed by atoms with Crippen molar-refractivity contribution in [2.45, 2.75) is 38.5 Å². The molecule has 0 aromatic carbocycles. The number of hydrogen-bond donors (Lipinski definition) is 0. The molecule has 0 N–H and O–H groups in total. The zero-order valence-electron chi connectivity index (χ0n) is 7.47. The van der Waals surface area contributed by atoms with Gasteiger partial charge in [0.2, 0.25) is 0 Å². The second kappa shape index (κ2) is 3.17. The highest BCUT2D eigenvalue weighted by Gasteiger charge is 2.36. The van der Waals surface area contributed by atoms with E-state index in [0.29, 0.717) is 11.2 Å².